The average molecular weight is 298 g/mol. The zero-order chi connectivity index (χ0) is 15.2. The van der Waals surface area contributed by atoms with Gasteiger partial charge in [-0.3, -0.25) is 14.9 Å². The number of thioether (sulfide) groups is 1. The smallest absolute Gasteiger partial charge is 0.287 e. The molecule has 3 N–H and O–H groups in total. The van der Waals surface area contributed by atoms with Gasteiger partial charge in [-0.1, -0.05) is 13.8 Å². The molecule has 0 aliphatic rings. The number of pyridine rings is 1. The minimum Gasteiger partial charge on any atom is -0.354 e. The van der Waals surface area contributed by atoms with E-state index in [1.807, 2.05) is 13.8 Å². The average Bonchev–Trinajstić information content (AvgIpc) is 2.43. The molecule has 0 unspecified atom stereocenters. The lowest BCUT2D eigenvalue weighted by atomic mass is 9.95. The van der Waals surface area contributed by atoms with Crippen molar-refractivity contribution in [2.45, 2.75) is 18.9 Å². The van der Waals surface area contributed by atoms with E-state index in [0.717, 1.165) is 0 Å². The second kappa shape index (κ2) is 7.20. The van der Waals surface area contributed by atoms with E-state index in [-0.39, 0.29) is 11.6 Å². The summed E-state index contributed by atoms with van der Waals surface area (Å²) in [6.45, 7) is 4.51. The van der Waals surface area contributed by atoms with Gasteiger partial charge in [0.25, 0.3) is 5.69 Å². The molecule has 1 aromatic rings. The van der Waals surface area contributed by atoms with Gasteiger partial charge in [-0.25, -0.2) is 4.98 Å². The first-order chi connectivity index (χ1) is 9.36. The minimum atomic E-state index is -0.566. The van der Waals surface area contributed by atoms with Crippen molar-refractivity contribution in [2.75, 3.05) is 18.8 Å². The Morgan fingerprint density at radius 3 is 2.75 bits per heavy atom. The second-order valence-corrected chi connectivity index (χ2v) is 5.82. The van der Waals surface area contributed by atoms with Crippen LogP contribution in [-0.4, -0.2) is 34.7 Å². The first-order valence-corrected chi connectivity index (χ1v) is 7.07. The molecule has 0 saturated carbocycles. The van der Waals surface area contributed by atoms with Crippen LogP contribution < -0.4 is 11.1 Å². The van der Waals surface area contributed by atoms with E-state index < -0.39 is 10.3 Å². The molecule has 1 aromatic heterocycles. The highest BCUT2D eigenvalue weighted by Crippen LogP contribution is 2.27. The van der Waals surface area contributed by atoms with Crippen LogP contribution in [0.15, 0.2) is 23.4 Å². The molecule has 7 nitrogen and oxygen atoms in total. The quantitative estimate of drug-likeness (QED) is 0.444. The van der Waals surface area contributed by atoms with Crippen molar-refractivity contribution in [2.24, 2.45) is 11.1 Å². The van der Waals surface area contributed by atoms with Crippen molar-refractivity contribution in [1.82, 2.24) is 10.3 Å². The van der Waals surface area contributed by atoms with Gasteiger partial charge < -0.3 is 11.1 Å². The SMILES string of the molecule is CC(C)(CSc1ccc([N+](=O)[O-])cn1)C(=O)NCCN. The molecule has 1 amide bonds. The van der Waals surface area contributed by atoms with E-state index in [0.29, 0.717) is 23.9 Å². The Hall–Kier alpha value is -1.67. The zero-order valence-corrected chi connectivity index (χ0v) is 12.3. The summed E-state index contributed by atoms with van der Waals surface area (Å²) in [4.78, 5) is 25.9. The molecule has 0 atom stereocenters. The fraction of sp³-hybridized carbons (Fsp3) is 0.500. The lowest BCUT2D eigenvalue weighted by molar-refractivity contribution is -0.385. The molecule has 110 valence electrons. The lowest BCUT2D eigenvalue weighted by Gasteiger charge is -2.22. The van der Waals surface area contributed by atoms with Crippen LogP contribution in [0, 0.1) is 15.5 Å². The van der Waals surface area contributed by atoms with Crippen LogP contribution in [0.5, 0.6) is 0 Å². The third kappa shape index (κ3) is 4.78. The third-order valence-corrected chi connectivity index (χ3v) is 3.96. The molecule has 0 bridgehead atoms. The van der Waals surface area contributed by atoms with Gasteiger partial charge in [0.05, 0.1) is 15.4 Å². The molecule has 20 heavy (non-hydrogen) atoms. The monoisotopic (exact) mass is 298 g/mol. The first kappa shape index (κ1) is 16.4. The molecule has 0 aliphatic carbocycles. The van der Waals surface area contributed by atoms with E-state index >= 15 is 0 Å². The topological polar surface area (TPSA) is 111 Å². The molecule has 8 heteroatoms. The normalized spacial score (nSPS) is 11.2. The van der Waals surface area contributed by atoms with Crippen LogP contribution >= 0.6 is 11.8 Å². The number of amides is 1. The highest BCUT2D eigenvalue weighted by atomic mass is 32.2. The van der Waals surface area contributed by atoms with E-state index in [1.54, 1.807) is 6.07 Å². The van der Waals surface area contributed by atoms with Gasteiger partial charge in [0, 0.05) is 24.9 Å². The van der Waals surface area contributed by atoms with E-state index in [2.05, 4.69) is 10.3 Å². The fourth-order valence-corrected chi connectivity index (χ4v) is 2.24. The molecule has 0 aromatic carbocycles. The summed E-state index contributed by atoms with van der Waals surface area (Å²) in [6.07, 6.45) is 1.21. The second-order valence-electron chi connectivity index (χ2n) is 4.83. The summed E-state index contributed by atoms with van der Waals surface area (Å²) in [5.74, 6) is 0.450. The number of nitro groups is 1. The van der Waals surface area contributed by atoms with Gasteiger partial charge in [0.1, 0.15) is 6.20 Å². The first-order valence-electron chi connectivity index (χ1n) is 6.08. The van der Waals surface area contributed by atoms with E-state index in [1.165, 1.54) is 24.0 Å². The molecule has 0 spiro atoms. The zero-order valence-electron chi connectivity index (χ0n) is 11.5. The number of rotatable bonds is 7. The maximum absolute atomic E-state index is 11.9. The summed E-state index contributed by atoms with van der Waals surface area (Å²) < 4.78 is 0. The summed E-state index contributed by atoms with van der Waals surface area (Å²) in [5.41, 5.74) is 4.73. The number of hydrogen-bond acceptors (Lipinski definition) is 6. The Morgan fingerprint density at radius 1 is 1.55 bits per heavy atom. The standard InChI is InChI=1S/C12H18N4O3S/c1-12(2,11(17)14-6-5-13)8-20-10-4-3-9(7-15-10)16(18)19/h3-4,7H,5-6,8,13H2,1-2H3,(H,14,17). The summed E-state index contributed by atoms with van der Waals surface area (Å²) >= 11 is 1.38. The van der Waals surface area contributed by atoms with Crippen molar-refractivity contribution in [3.63, 3.8) is 0 Å². The molecule has 0 radical (unpaired) electrons. The van der Waals surface area contributed by atoms with Crippen LogP contribution in [0.25, 0.3) is 0 Å². The number of nitrogens with zero attached hydrogens (tertiary/aromatic N) is 2. The molecular formula is C12H18N4O3S. The van der Waals surface area contributed by atoms with Gasteiger partial charge in [-0.05, 0) is 6.07 Å². The van der Waals surface area contributed by atoms with Crippen molar-refractivity contribution in [1.29, 1.82) is 0 Å². The Bertz CT molecular complexity index is 476. The Kier molecular flexibility index (Phi) is 5.90. The third-order valence-electron chi connectivity index (χ3n) is 2.56. The van der Waals surface area contributed by atoms with Crippen LogP contribution in [0.4, 0.5) is 5.69 Å². The molecular weight excluding hydrogens is 280 g/mol. The molecule has 0 aliphatic heterocycles. The number of aromatic nitrogens is 1. The lowest BCUT2D eigenvalue weighted by Crippen LogP contribution is -2.40. The maximum Gasteiger partial charge on any atom is 0.287 e. The van der Waals surface area contributed by atoms with Crippen molar-refractivity contribution in [3.8, 4) is 0 Å². The predicted octanol–water partition coefficient (Wildman–Crippen LogP) is 1.18. The molecule has 1 rings (SSSR count). The van der Waals surface area contributed by atoms with E-state index in [9.17, 15) is 14.9 Å². The van der Waals surface area contributed by atoms with Gasteiger partial charge in [-0.15, -0.1) is 11.8 Å². The summed E-state index contributed by atoms with van der Waals surface area (Å²) in [7, 11) is 0. The molecule has 1 heterocycles. The minimum absolute atomic E-state index is 0.0469. The number of nitrogens with two attached hydrogens (primary N) is 1. The molecule has 0 fully saturated rings. The highest BCUT2D eigenvalue weighted by molar-refractivity contribution is 7.99. The summed E-state index contributed by atoms with van der Waals surface area (Å²) in [6, 6.07) is 2.98. The maximum atomic E-state index is 11.9. The Morgan fingerprint density at radius 2 is 2.25 bits per heavy atom. The number of carbonyl (C=O) groups is 1. The van der Waals surface area contributed by atoms with Gasteiger partial charge in [0.15, 0.2) is 0 Å². The molecule has 0 saturated heterocycles. The van der Waals surface area contributed by atoms with Crippen LogP contribution in [-0.2, 0) is 4.79 Å². The number of nitrogens with one attached hydrogen (secondary N) is 1. The Balaban J connectivity index is 2.57. The van der Waals surface area contributed by atoms with Crippen LogP contribution in [0.3, 0.4) is 0 Å². The van der Waals surface area contributed by atoms with Crippen molar-refractivity contribution in [3.05, 3.63) is 28.4 Å². The van der Waals surface area contributed by atoms with Gasteiger partial charge >= 0.3 is 0 Å². The largest absolute Gasteiger partial charge is 0.354 e. The van der Waals surface area contributed by atoms with Crippen LogP contribution in [0.2, 0.25) is 0 Å². The number of hydrogen-bond donors (Lipinski definition) is 2. The van der Waals surface area contributed by atoms with Gasteiger partial charge in [-0.2, -0.15) is 0 Å². The van der Waals surface area contributed by atoms with E-state index in [4.69, 9.17) is 5.73 Å². The van der Waals surface area contributed by atoms with Crippen molar-refractivity contribution >= 4 is 23.4 Å². The number of carbonyl (C=O) groups excluding carboxylic acids is 1. The highest BCUT2D eigenvalue weighted by Gasteiger charge is 2.27. The summed E-state index contributed by atoms with van der Waals surface area (Å²) in [5, 5.41) is 13.9. The van der Waals surface area contributed by atoms with Gasteiger partial charge in [0.2, 0.25) is 5.91 Å². The van der Waals surface area contributed by atoms with Crippen LogP contribution in [0.1, 0.15) is 13.8 Å². The fourth-order valence-electron chi connectivity index (χ4n) is 1.31. The Labute approximate surface area is 121 Å². The predicted molar refractivity (Wildman–Crippen MR) is 77.5 cm³/mol. The van der Waals surface area contributed by atoms with Crippen molar-refractivity contribution < 1.29 is 9.72 Å².